The molecule has 0 bridgehead atoms. The molecule has 9 heavy (non-hydrogen) atoms. The molecule has 0 saturated heterocycles. The average Bonchev–Trinajstić information content (AvgIpc) is 2.33. The maximum atomic E-state index is 4.17. The molecule has 1 fully saturated rings. The highest BCUT2D eigenvalue weighted by atomic mass is 15.2. The van der Waals surface area contributed by atoms with Crippen LogP contribution in [0.25, 0.3) is 0 Å². The van der Waals surface area contributed by atoms with Crippen molar-refractivity contribution in [1.29, 1.82) is 0 Å². The van der Waals surface area contributed by atoms with Crippen molar-refractivity contribution in [2.45, 2.75) is 25.7 Å². The van der Waals surface area contributed by atoms with Gasteiger partial charge in [0.05, 0.1) is 11.6 Å². The van der Waals surface area contributed by atoms with Crippen molar-refractivity contribution in [3.8, 4) is 0 Å². The smallest absolute Gasteiger partial charge is 0.110 e. The van der Waals surface area contributed by atoms with E-state index >= 15 is 0 Å². The van der Waals surface area contributed by atoms with Crippen LogP contribution in [0.1, 0.15) is 25.7 Å². The first-order valence-corrected chi connectivity index (χ1v) is 3.62. The largest absolute Gasteiger partial charge is 0.179 e. The predicted molar refractivity (Wildman–Crippen MR) is 36.4 cm³/mol. The van der Waals surface area contributed by atoms with E-state index in [1.807, 2.05) is 0 Å². The number of hydrazone groups is 1. The highest BCUT2D eigenvalue weighted by Gasteiger charge is 2.25. The summed E-state index contributed by atoms with van der Waals surface area (Å²) in [6.45, 7) is 0. The van der Waals surface area contributed by atoms with Crippen LogP contribution < -0.4 is 5.10 Å². The van der Waals surface area contributed by atoms with Crippen molar-refractivity contribution in [3.05, 3.63) is 0 Å². The van der Waals surface area contributed by atoms with E-state index in [0.717, 1.165) is 0 Å². The molecule has 0 radical (unpaired) electrons. The lowest BCUT2D eigenvalue weighted by atomic mass is 9.89. The van der Waals surface area contributed by atoms with Crippen molar-refractivity contribution in [1.82, 2.24) is 0 Å². The molecule has 2 heteroatoms. The van der Waals surface area contributed by atoms with Crippen LogP contribution in [0.5, 0.6) is 0 Å². The Morgan fingerprint density at radius 2 is 2.56 bits per heavy atom. The van der Waals surface area contributed by atoms with E-state index in [1.54, 1.807) is 0 Å². The first-order valence-electron chi connectivity index (χ1n) is 3.62. The monoisotopic (exact) mass is 123 g/mol. The zero-order valence-electron chi connectivity index (χ0n) is 5.43. The van der Waals surface area contributed by atoms with Gasteiger partial charge in [0, 0.05) is 0 Å². The van der Waals surface area contributed by atoms with E-state index in [4.69, 9.17) is 0 Å². The van der Waals surface area contributed by atoms with Crippen molar-refractivity contribution in [2.24, 2.45) is 11.0 Å². The molecular weight excluding hydrogens is 112 g/mol. The molecule has 2 rings (SSSR count). The molecule has 2 nitrogen and oxygen atoms in total. The average molecular weight is 123 g/mol. The molecule has 0 amide bonds. The highest BCUT2D eigenvalue weighted by Crippen LogP contribution is 2.19. The minimum absolute atomic E-state index is 0.679. The maximum absolute atomic E-state index is 4.17. The Labute approximate surface area is 54.7 Å². The third-order valence-corrected chi connectivity index (χ3v) is 2.11. The normalized spacial score (nSPS) is 32.0. The Hall–Kier alpha value is -0.660. The number of fused-ring (bicyclic) bond motifs is 1. The van der Waals surface area contributed by atoms with Gasteiger partial charge in [-0.3, -0.25) is 0 Å². The zero-order valence-corrected chi connectivity index (χ0v) is 5.43. The number of rotatable bonds is 0. The van der Waals surface area contributed by atoms with Gasteiger partial charge in [0.25, 0.3) is 0 Å². The molecule has 0 spiro atoms. The maximum Gasteiger partial charge on any atom is 0.179 e. The summed E-state index contributed by atoms with van der Waals surface area (Å²) in [6, 6.07) is 0. The molecule has 1 atom stereocenters. The first-order chi connectivity index (χ1) is 4.47. The van der Waals surface area contributed by atoms with Crippen LogP contribution in [0.2, 0.25) is 0 Å². The summed E-state index contributed by atoms with van der Waals surface area (Å²) in [6.07, 6.45) is 7.35. The summed E-state index contributed by atoms with van der Waals surface area (Å²) < 4.78 is 0. The van der Waals surface area contributed by atoms with Crippen LogP contribution in [0, 0.1) is 5.92 Å². The van der Waals surface area contributed by atoms with Crippen molar-refractivity contribution < 1.29 is 5.10 Å². The van der Waals surface area contributed by atoms with Crippen LogP contribution in [0.15, 0.2) is 5.10 Å². The summed E-state index contributed by atoms with van der Waals surface area (Å²) in [5, 5.41) is 7.10. The molecule has 48 valence electrons. The number of nitrogens with zero attached hydrogens (tertiary/aromatic N) is 1. The Morgan fingerprint density at radius 1 is 1.56 bits per heavy atom. The van der Waals surface area contributed by atoms with Crippen molar-refractivity contribution >= 4 is 11.9 Å². The second-order valence-corrected chi connectivity index (χ2v) is 2.75. The molecular formula is C7H11N2+. The van der Waals surface area contributed by atoms with Crippen LogP contribution in [0.4, 0.5) is 0 Å². The third-order valence-electron chi connectivity index (χ3n) is 2.11. The molecule has 0 aromatic heterocycles. The van der Waals surface area contributed by atoms with Gasteiger partial charge in [0.1, 0.15) is 0 Å². The lowest BCUT2D eigenvalue weighted by Crippen LogP contribution is -2.59. The third kappa shape index (κ3) is 0.784. The van der Waals surface area contributed by atoms with Gasteiger partial charge in [-0.25, -0.2) is 0 Å². The van der Waals surface area contributed by atoms with Gasteiger partial charge in [-0.2, -0.15) is 0 Å². The van der Waals surface area contributed by atoms with Gasteiger partial charge >= 0.3 is 0 Å². The number of hydrogen-bond donors (Lipinski definition) is 1. The van der Waals surface area contributed by atoms with Gasteiger partial charge in [-0.1, -0.05) is 6.42 Å². The summed E-state index contributed by atoms with van der Waals surface area (Å²) in [5.74, 6) is 0.679. The van der Waals surface area contributed by atoms with Gasteiger partial charge in [0.2, 0.25) is 0 Å². The summed E-state index contributed by atoms with van der Waals surface area (Å²) in [4.78, 5) is 0. The van der Waals surface area contributed by atoms with E-state index < -0.39 is 0 Å². The van der Waals surface area contributed by atoms with Gasteiger partial charge in [-0.15, -0.1) is 5.10 Å². The molecule has 0 aromatic rings. The minimum atomic E-state index is 0.679. The van der Waals surface area contributed by atoms with Gasteiger partial charge in [-0.05, 0) is 24.4 Å². The molecule has 1 aliphatic heterocycles. The predicted octanol–water partition coefficient (Wildman–Crippen LogP) is -0.302. The summed E-state index contributed by atoms with van der Waals surface area (Å²) in [5.41, 5.74) is 1.38. The Bertz CT molecular complexity index is 170. The van der Waals surface area contributed by atoms with Crippen LogP contribution >= 0.6 is 0 Å². The standard InChI is InChI=1S/C7H10N2/c1-2-4-7-6(3-1)5-8-9-7/h5-6H,1-4H2/p+1. The van der Waals surface area contributed by atoms with Gasteiger partial charge < -0.3 is 0 Å². The number of hydrogen-bond acceptors (Lipinski definition) is 1. The molecule has 2 aliphatic rings. The lowest BCUT2D eigenvalue weighted by molar-refractivity contribution is -0.454. The number of nitrogens with one attached hydrogen (secondary N) is 1. The fourth-order valence-corrected chi connectivity index (χ4v) is 1.55. The summed E-state index contributed by atoms with van der Waals surface area (Å²) in [7, 11) is 0. The quantitative estimate of drug-likeness (QED) is 0.457. The van der Waals surface area contributed by atoms with E-state index in [9.17, 15) is 0 Å². The van der Waals surface area contributed by atoms with E-state index in [-0.39, 0.29) is 0 Å². The van der Waals surface area contributed by atoms with Crippen molar-refractivity contribution in [2.75, 3.05) is 0 Å². The summed E-state index contributed by atoms with van der Waals surface area (Å²) >= 11 is 0. The second kappa shape index (κ2) is 1.94. The molecule has 1 saturated carbocycles. The molecule has 1 heterocycles. The van der Waals surface area contributed by atoms with E-state index in [0.29, 0.717) is 5.92 Å². The topological polar surface area (TPSA) is 26.3 Å². The second-order valence-electron chi connectivity index (χ2n) is 2.75. The Balaban J connectivity index is 2.16. The lowest BCUT2D eigenvalue weighted by Gasteiger charge is -2.12. The Kier molecular flexibility index (Phi) is 1.11. The van der Waals surface area contributed by atoms with Crippen LogP contribution in [0.3, 0.4) is 0 Å². The zero-order chi connectivity index (χ0) is 6.10. The first kappa shape index (κ1) is 5.15. The molecule has 0 aromatic carbocycles. The molecule has 1 aliphatic carbocycles. The van der Waals surface area contributed by atoms with Crippen molar-refractivity contribution in [3.63, 3.8) is 0 Å². The fourth-order valence-electron chi connectivity index (χ4n) is 1.55. The van der Waals surface area contributed by atoms with E-state index in [2.05, 4.69) is 16.4 Å². The fraction of sp³-hybridized carbons (Fsp3) is 0.714. The molecule has 1 N–H and O–H groups in total. The van der Waals surface area contributed by atoms with E-state index in [1.165, 1.54) is 31.4 Å². The van der Waals surface area contributed by atoms with Crippen LogP contribution in [-0.2, 0) is 0 Å². The Morgan fingerprint density at radius 3 is 3.44 bits per heavy atom. The minimum Gasteiger partial charge on any atom is -0.110 e. The molecule has 1 unspecified atom stereocenters. The SMILES string of the molecule is C1=[NH+]N=C2CCCCC12. The van der Waals surface area contributed by atoms with Crippen LogP contribution in [-0.4, -0.2) is 11.9 Å². The van der Waals surface area contributed by atoms with Gasteiger partial charge in [0.15, 0.2) is 6.21 Å². The highest BCUT2D eigenvalue weighted by molar-refractivity contribution is 5.98.